The van der Waals surface area contributed by atoms with Crippen molar-refractivity contribution in [2.75, 3.05) is 0 Å². The summed E-state index contributed by atoms with van der Waals surface area (Å²) in [6, 6.07) is 9.51. The summed E-state index contributed by atoms with van der Waals surface area (Å²) in [6.07, 6.45) is 2.64. The van der Waals surface area contributed by atoms with E-state index in [1.54, 1.807) is 10.9 Å². The minimum atomic E-state index is -0.165. The number of nitrogens with zero attached hydrogens (tertiary/aromatic N) is 2. The van der Waals surface area contributed by atoms with Gasteiger partial charge in [0.05, 0.1) is 5.69 Å². The molecule has 0 unspecified atom stereocenters. The molecular weight excluding hydrogens is 224 g/mol. The molecule has 0 amide bonds. The third kappa shape index (κ3) is 1.91. The van der Waals surface area contributed by atoms with Gasteiger partial charge in [0, 0.05) is 12.7 Å². The van der Waals surface area contributed by atoms with E-state index < -0.39 is 0 Å². The maximum atomic E-state index is 11.9. The molecule has 0 atom stereocenters. The highest BCUT2D eigenvalue weighted by molar-refractivity contribution is 6.30. The zero-order valence-electron chi connectivity index (χ0n) is 9.06. The highest BCUT2D eigenvalue weighted by atomic mass is 35.5. The lowest BCUT2D eigenvalue weighted by Crippen LogP contribution is -2.21. The molecule has 4 heteroatoms. The average molecular weight is 237 g/mol. The number of aromatic nitrogens is 2. The monoisotopic (exact) mass is 236 g/mol. The summed E-state index contributed by atoms with van der Waals surface area (Å²) in [6.45, 7) is 2.84. The molecule has 0 aliphatic heterocycles. The average Bonchev–Trinajstić information content (AvgIpc) is 2.57. The van der Waals surface area contributed by atoms with Crippen LogP contribution >= 0.6 is 11.6 Å². The van der Waals surface area contributed by atoms with Crippen LogP contribution in [0.4, 0.5) is 0 Å². The molecule has 0 spiro atoms. The first-order valence-electron chi connectivity index (χ1n) is 5.27. The number of para-hydroxylation sites is 1. The molecule has 0 fully saturated rings. The van der Waals surface area contributed by atoms with E-state index >= 15 is 0 Å². The molecule has 0 radical (unpaired) electrons. The molecule has 0 aliphatic rings. The Morgan fingerprint density at radius 2 is 1.94 bits per heavy atom. The molecule has 0 saturated carbocycles. The summed E-state index contributed by atoms with van der Waals surface area (Å²) in [5, 5.41) is 0.261. The Morgan fingerprint density at radius 3 is 2.56 bits per heavy atom. The first-order chi connectivity index (χ1) is 7.74. The SMILES string of the molecule is CCCn1cc(Cl)c(=O)n1-c1ccccc1. The molecule has 0 bridgehead atoms. The molecule has 84 valence electrons. The van der Waals surface area contributed by atoms with E-state index in [4.69, 9.17) is 11.6 Å². The summed E-state index contributed by atoms with van der Waals surface area (Å²) >= 11 is 5.87. The van der Waals surface area contributed by atoms with Gasteiger partial charge in [0.25, 0.3) is 5.56 Å². The van der Waals surface area contributed by atoms with Crippen molar-refractivity contribution in [1.29, 1.82) is 0 Å². The Labute approximate surface area is 98.9 Å². The second-order valence-electron chi connectivity index (χ2n) is 3.59. The zero-order valence-corrected chi connectivity index (χ0v) is 9.81. The molecule has 3 nitrogen and oxygen atoms in total. The van der Waals surface area contributed by atoms with E-state index in [2.05, 4.69) is 6.92 Å². The highest BCUT2D eigenvalue weighted by Crippen LogP contribution is 2.09. The van der Waals surface area contributed by atoms with Gasteiger partial charge in [0.1, 0.15) is 5.02 Å². The Balaban J connectivity index is 2.59. The molecule has 1 aromatic heterocycles. The van der Waals surface area contributed by atoms with E-state index in [0.29, 0.717) is 0 Å². The third-order valence-corrected chi connectivity index (χ3v) is 2.63. The van der Waals surface area contributed by atoms with Crippen LogP contribution in [0.5, 0.6) is 0 Å². The van der Waals surface area contributed by atoms with Crippen molar-refractivity contribution in [2.24, 2.45) is 0 Å². The summed E-state index contributed by atoms with van der Waals surface area (Å²) in [5.74, 6) is 0. The van der Waals surface area contributed by atoms with Crippen molar-refractivity contribution in [2.45, 2.75) is 19.9 Å². The lowest BCUT2D eigenvalue weighted by Gasteiger charge is -2.09. The summed E-state index contributed by atoms with van der Waals surface area (Å²) in [4.78, 5) is 11.9. The van der Waals surface area contributed by atoms with Gasteiger partial charge in [-0.1, -0.05) is 36.7 Å². The van der Waals surface area contributed by atoms with E-state index in [-0.39, 0.29) is 10.6 Å². The first kappa shape index (κ1) is 11.0. The van der Waals surface area contributed by atoms with Crippen molar-refractivity contribution in [1.82, 2.24) is 9.36 Å². The fourth-order valence-electron chi connectivity index (χ4n) is 1.69. The smallest absolute Gasteiger partial charge is 0.284 e. The maximum absolute atomic E-state index is 11.9. The van der Waals surface area contributed by atoms with E-state index in [9.17, 15) is 4.79 Å². The number of aryl methyl sites for hydroxylation is 1. The van der Waals surface area contributed by atoms with Crippen LogP contribution in [0.2, 0.25) is 5.02 Å². The van der Waals surface area contributed by atoms with Crippen molar-refractivity contribution in [3.63, 3.8) is 0 Å². The lowest BCUT2D eigenvalue weighted by atomic mass is 10.3. The van der Waals surface area contributed by atoms with Crippen LogP contribution < -0.4 is 5.56 Å². The van der Waals surface area contributed by atoms with Gasteiger partial charge in [0.15, 0.2) is 0 Å². The van der Waals surface area contributed by atoms with Crippen LogP contribution in [0.25, 0.3) is 5.69 Å². The van der Waals surface area contributed by atoms with Gasteiger partial charge in [-0.05, 0) is 18.6 Å². The van der Waals surface area contributed by atoms with Crippen LogP contribution in [0.15, 0.2) is 41.3 Å². The maximum Gasteiger partial charge on any atom is 0.290 e. The van der Waals surface area contributed by atoms with Crippen LogP contribution in [-0.4, -0.2) is 9.36 Å². The van der Waals surface area contributed by atoms with Crippen LogP contribution in [-0.2, 0) is 6.54 Å². The summed E-state index contributed by atoms with van der Waals surface area (Å²) in [5.41, 5.74) is 0.675. The number of halogens is 1. The highest BCUT2D eigenvalue weighted by Gasteiger charge is 2.09. The fourth-order valence-corrected chi connectivity index (χ4v) is 1.88. The van der Waals surface area contributed by atoms with Gasteiger partial charge in [-0.3, -0.25) is 9.48 Å². The minimum absolute atomic E-state index is 0.165. The van der Waals surface area contributed by atoms with Crippen LogP contribution in [0, 0.1) is 0 Å². The molecule has 2 aromatic rings. The Kier molecular flexibility index (Phi) is 3.15. The van der Waals surface area contributed by atoms with E-state index in [1.165, 1.54) is 0 Å². The summed E-state index contributed by atoms with van der Waals surface area (Å²) < 4.78 is 3.45. The number of benzene rings is 1. The predicted molar refractivity (Wildman–Crippen MR) is 65.3 cm³/mol. The summed E-state index contributed by atoms with van der Waals surface area (Å²) in [7, 11) is 0. The van der Waals surface area contributed by atoms with E-state index in [0.717, 1.165) is 18.7 Å². The Bertz CT molecular complexity index is 528. The van der Waals surface area contributed by atoms with Gasteiger partial charge in [0.2, 0.25) is 0 Å². The zero-order chi connectivity index (χ0) is 11.5. The van der Waals surface area contributed by atoms with Crippen LogP contribution in [0.1, 0.15) is 13.3 Å². The first-order valence-corrected chi connectivity index (χ1v) is 5.65. The Morgan fingerprint density at radius 1 is 1.25 bits per heavy atom. The quantitative estimate of drug-likeness (QED) is 0.805. The second kappa shape index (κ2) is 4.58. The minimum Gasteiger partial charge on any atom is -0.284 e. The van der Waals surface area contributed by atoms with Crippen molar-refractivity contribution in [3.8, 4) is 5.69 Å². The largest absolute Gasteiger partial charge is 0.290 e. The van der Waals surface area contributed by atoms with Gasteiger partial charge in [-0.25, -0.2) is 4.68 Å². The van der Waals surface area contributed by atoms with Crippen molar-refractivity contribution < 1.29 is 0 Å². The molecule has 0 saturated heterocycles. The van der Waals surface area contributed by atoms with E-state index in [1.807, 2.05) is 35.0 Å². The molecule has 16 heavy (non-hydrogen) atoms. The molecule has 0 aliphatic carbocycles. The van der Waals surface area contributed by atoms with Gasteiger partial charge >= 0.3 is 0 Å². The molecule has 0 N–H and O–H groups in total. The normalized spacial score (nSPS) is 10.6. The number of rotatable bonds is 3. The molecule has 1 aromatic carbocycles. The number of hydrogen-bond donors (Lipinski definition) is 0. The second-order valence-corrected chi connectivity index (χ2v) is 4.00. The predicted octanol–water partition coefficient (Wildman–Crippen LogP) is 2.70. The van der Waals surface area contributed by atoms with Crippen LogP contribution in [0.3, 0.4) is 0 Å². The lowest BCUT2D eigenvalue weighted by molar-refractivity contribution is 0.536. The molecule has 2 rings (SSSR count). The van der Waals surface area contributed by atoms with Crippen molar-refractivity contribution >= 4 is 11.6 Å². The Hall–Kier alpha value is -1.48. The molecular formula is C12H13ClN2O. The van der Waals surface area contributed by atoms with Gasteiger partial charge < -0.3 is 0 Å². The van der Waals surface area contributed by atoms with Gasteiger partial charge in [-0.15, -0.1) is 0 Å². The van der Waals surface area contributed by atoms with Crippen molar-refractivity contribution in [3.05, 3.63) is 51.9 Å². The fraction of sp³-hybridized carbons (Fsp3) is 0.250. The molecule has 1 heterocycles. The third-order valence-electron chi connectivity index (χ3n) is 2.37. The topological polar surface area (TPSA) is 26.9 Å². The number of hydrogen-bond acceptors (Lipinski definition) is 1. The van der Waals surface area contributed by atoms with Gasteiger partial charge in [-0.2, -0.15) is 0 Å². The standard InChI is InChI=1S/C12H13ClN2O/c1-2-8-14-9-11(13)12(16)15(14)10-6-4-3-5-7-10/h3-7,9H,2,8H2,1H3.